The van der Waals surface area contributed by atoms with E-state index in [9.17, 15) is 9.90 Å². The summed E-state index contributed by atoms with van der Waals surface area (Å²) in [4.78, 5) is 18.9. The van der Waals surface area contributed by atoms with Crippen LogP contribution in [0.2, 0.25) is 0 Å². The van der Waals surface area contributed by atoms with Crippen LogP contribution < -0.4 is 15.5 Å². The Morgan fingerprint density at radius 1 is 1.20 bits per heavy atom. The molecule has 8 heteroatoms. The van der Waals surface area contributed by atoms with Crippen LogP contribution in [0.3, 0.4) is 0 Å². The first-order valence-corrected chi connectivity index (χ1v) is 8.62. The average molecular weight is 391 g/mol. The Morgan fingerprint density at radius 3 is 2.48 bits per heavy atom. The van der Waals surface area contributed by atoms with Gasteiger partial charge in [-0.2, -0.15) is 0 Å². The lowest BCUT2D eigenvalue weighted by molar-refractivity contribution is 0.0926. The van der Waals surface area contributed by atoms with Gasteiger partial charge in [-0.3, -0.25) is 4.79 Å². The summed E-state index contributed by atoms with van der Waals surface area (Å²) in [5, 5.41) is 15.7. The number of aliphatic hydroxyl groups excluding tert-OH is 1. The SMILES string of the molecule is Cl.Cl.O=C(NCC1CNCC1O)c1ccc(N2CCCCCC2)nc1. The highest BCUT2D eigenvalue weighted by atomic mass is 35.5. The van der Waals surface area contributed by atoms with E-state index in [0.29, 0.717) is 18.7 Å². The molecule has 3 rings (SSSR count). The first-order valence-electron chi connectivity index (χ1n) is 8.62. The van der Waals surface area contributed by atoms with Crippen LogP contribution in [0, 0.1) is 5.92 Å². The van der Waals surface area contributed by atoms with E-state index in [2.05, 4.69) is 20.5 Å². The van der Waals surface area contributed by atoms with E-state index >= 15 is 0 Å². The van der Waals surface area contributed by atoms with Crippen LogP contribution in [-0.2, 0) is 0 Å². The molecule has 3 N–H and O–H groups in total. The molecule has 0 saturated carbocycles. The van der Waals surface area contributed by atoms with Crippen molar-refractivity contribution in [3.8, 4) is 0 Å². The Morgan fingerprint density at radius 2 is 1.92 bits per heavy atom. The number of anilines is 1. The lowest BCUT2D eigenvalue weighted by atomic mass is 10.1. The predicted molar refractivity (Wildman–Crippen MR) is 104 cm³/mol. The largest absolute Gasteiger partial charge is 0.391 e. The van der Waals surface area contributed by atoms with Crippen LogP contribution in [0.4, 0.5) is 5.82 Å². The van der Waals surface area contributed by atoms with Crippen molar-refractivity contribution in [3.63, 3.8) is 0 Å². The van der Waals surface area contributed by atoms with E-state index < -0.39 is 0 Å². The number of carbonyl (C=O) groups is 1. The highest BCUT2D eigenvalue weighted by molar-refractivity contribution is 5.94. The molecule has 0 spiro atoms. The topological polar surface area (TPSA) is 77.5 Å². The second kappa shape index (κ2) is 10.8. The van der Waals surface area contributed by atoms with E-state index in [4.69, 9.17) is 0 Å². The number of nitrogens with zero attached hydrogens (tertiary/aromatic N) is 2. The van der Waals surface area contributed by atoms with Crippen molar-refractivity contribution in [2.24, 2.45) is 5.92 Å². The van der Waals surface area contributed by atoms with E-state index in [0.717, 1.165) is 25.5 Å². The van der Waals surface area contributed by atoms with Gasteiger partial charge in [-0.1, -0.05) is 12.8 Å². The Labute approximate surface area is 161 Å². The lowest BCUT2D eigenvalue weighted by Gasteiger charge is -2.21. The van der Waals surface area contributed by atoms with Gasteiger partial charge in [-0.15, -0.1) is 24.8 Å². The Bertz CT molecular complexity index is 522. The molecule has 1 aromatic heterocycles. The van der Waals surface area contributed by atoms with E-state index in [1.807, 2.05) is 12.1 Å². The summed E-state index contributed by atoms with van der Waals surface area (Å²) in [6, 6.07) is 3.78. The molecule has 3 heterocycles. The van der Waals surface area contributed by atoms with Crippen LogP contribution in [0.25, 0.3) is 0 Å². The maximum absolute atomic E-state index is 12.2. The summed E-state index contributed by atoms with van der Waals surface area (Å²) in [6.45, 7) is 3.93. The maximum Gasteiger partial charge on any atom is 0.252 e. The molecule has 0 aliphatic carbocycles. The number of aromatic nitrogens is 1. The number of rotatable bonds is 4. The number of carbonyl (C=O) groups excluding carboxylic acids is 1. The fourth-order valence-electron chi connectivity index (χ4n) is 3.26. The quantitative estimate of drug-likeness (QED) is 0.727. The first-order chi connectivity index (χ1) is 11.2. The molecule has 2 unspecified atom stereocenters. The minimum absolute atomic E-state index is 0. The molecule has 0 aromatic carbocycles. The third-order valence-electron chi connectivity index (χ3n) is 4.77. The highest BCUT2D eigenvalue weighted by Crippen LogP contribution is 2.17. The molecule has 2 aliphatic rings. The summed E-state index contributed by atoms with van der Waals surface area (Å²) >= 11 is 0. The van der Waals surface area contributed by atoms with Crippen molar-refractivity contribution in [1.82, 2.24) is 15.6 Å². The number of halogens is 2. The molecule has 2 fully saturated rings. The van der Waals surface area contributed by atoms with Crippen molar-refractivity contribution in [1.29, 1.82) is 0 Å². The number of hydrogen-bond donors (Lipinski definition) is 3. The lowest BCUT2D eigenvalue weighted by Crippen LogP contribution is -2.34. The number of β-amino-alcohol motifs (C(OH)–C–C–N with tert-alkyl or cyclic N) is 1. The van der Waals surface area contributed by atoms with E-state index in [-0.39, 0.29) is 42.7 Å². The third kappa shape index (κ3) is 5.99. The zero-order chi connectivity index (χ0) is 16.1. The third-order valence-corrected chi connectivity index (χ3v) is 4.77. The number of hydrogen-bond acceptors (Lipinski definition) is 5. The normalized spacial score (nSPS) is 23.2. The predicted octanol–water partition coefficient (Wildman–Crippen LogP) is 1.62. The van der Waals surface area contributed by atoms with Gasteiger partial charge in [0, 0.05) is 44.8 Å². The second-order valence-electron chi connectivity index (χ2n) is 6.50. The van der Waals surface area contributed by atoms with E-state index in [1.54, 1.807) is 6.20 Å². The minimum atomic E-state index is -0.376. The van der Waals surface area contributed by atoms with Crippen molar-refractivity contribution < 1.29 is 9.90 Å². The maximum atomic E-state index is 12.2. The molecule has 1 amide bonds. The summed E-state index contributed by atoms with van der Waals surface area (Å²) in [6.07, 6.45) is 6.28. The van der Waals surface area contributed by atoms with Gasteiger partial charge in [0.15, 0.2) is 0 Å². The van der Waals surface area contributed by atoms with Crippen LogP contribution in [0.15, 0.2) is 18.3 Å². The summed E-state index contributed by atoms with van der Waals surface area (Å²) in [5.74, 6) is 0.918. The Hall–Kier alpha value is -1.08. The van der Waals surface area contributed by atoms with Crippen molar-refractivity contribution >= 4 is 36.5 Å². The summed E-state index contributed by atoms with van der Waals surface area (Å²) in [7, 11) is 0. The van der Waals surface area contributed by atoms with E-state index in [1.165, 1.54) is 25.7 Å². The second-order valence-corrected chi connectivity index (χ2v) is 6.50. The van der Waals surface area contributed by atoms with Gasteiger partial charge in [-0.25, -0.2) is 4.98 Å². The fraction of sp³-hybridized carbons (Fsp3) is 0.647. The van der Waals surface area contributed by atoms with Crippen molar-refractivity contribution in [2.45, 2.75) is 31.8 Å². The van der Waals surface area contributed by atoms with Gasteiger partial charge in [0.1, 0.15) is 5.82 Å². The molecule has 2 aliphatic heterocycles. The van der Waals surface area contributed by atoms with Crippen LogP contribution in [0.5, 0.6) is 0 Å². The van der Waals surface area contributed by atoms with Gasteiger partial charge < -0.3 is 20.6 Å². The first kappa shape index (κ1) is 22.0. The number of pyridine rings is 1. The monoisotopic (exact) mass is 390 g/mol. The molecule has 0 radical (unpaired) electrons. The zero-order valence-corrected chi connectivity index (χ0v) is 16.0. The van der Waals surface area contributed by atoms with Gasteiger partial charge in [0.25, 0.3) is 5.91 Å². The fourth-order valence-corrected chi connectivity index (χ4v) is 3.26. The molecule has 25 heavy (non-hydrogen) atoms. The van der Waals surface area contributed by atoms with Crippen LogP contribution in [0.1, 0.15) is 36.0 Å². The number of amides is 1. The summed E-state index contributed by atoms with van der Waals surface area (Å²) < 4.78 is 0. The Balaban J connectivity index is 0.00000156. The molecular weight excluding hydrogens is 363 g/mol. The summed E-state index contributed by atoms with van der Waals surface area (Å²) in [5.41, 5.74) is 0.573. The molecule has 2 saturated heterocycles. The minimum Gasteiger partial charge on any atom is -0.391 e. The molecular formula is C17H28Cl2N4O2. The number of aliphatic hydroxyl groups is 1. The smallest absolute Gasteiger partial charge is 0.252 e. The Kier molecular flexibility index (Phi) is 9.50. The molecule has 0 bridgehead atoms. The molecule has 6 nitrogen and oxygen atoms in total. The van der Waals surface area contributed by atoms with Gasteiger partial charge >= 0.3 is 0 Å². The number of nitrogens with one attached hydrogen (secondary N) is 2. The van der Waals surface area contributed by atoms with Gasteiger partial charge in [-0.05, 0) is 25.0 Å². The highest BCUT2D eigenvalue weighted by Gasteiger charge is 2.25. The van der Waals surface area contributed by atoms with Gasteiger partial charge in [0.05, 0.1) is 11.7 Å². The zero-order valence-electron chi connectivity index (χ0n) is 14.3. The van der Waals surface area contributed by atoms with Crippen LogP contribution >= 0.6 is 24.8 Å². The van der Waals surface area contributed by atoms with Gasteiger partial charge in [0.2, 0.25) is 0 Å². The van der Waals surface area contributed by atoms with Crippen LogP contribution in [-0.4, -0.2) is 54.8 Å². The average Bonchev–Trinajstić information content (AvgIpc) is 2.82. The molecule has 2 atom stereocenters. The molecule has 1 aromatic rings. The standard InChI is InChI=1S/C17H26N4O2.2ClH/c22-15-12-18-9-14(15)11-20-17(23)13-5-6-16(19-10-13)21-7-3-1-2-4-8-21;;/h5-6,10,14-15,18,22H,1-4,7-9,11-12H2,(H,20,23);2*1H. The van der Waals surface area contributed by atoms with Crippen molar-refractivity contribution in [2.75, 3.05) is 37.6 Å². The van der Waals surface area contributed by atoms with Crippen molar-refractivity contribution in [3.05, 3.63) is 23.9 Å². The molecule has 142 valence electrons.